The van der Waals surface area contributed by atoms with Crippen LogP contribution in [0.3, 0.4) is 0 Å². The standard InChI is InChI=1S/C9H15N3O/c10-5-4-6-2-1-3-7-8(6)12-9(11)13-7/h6H,1-5,10H2,(H2,11,12). The van der Waals surface area contributed by atoms with E-state index in [9.17, 15) is 0 Å². The van der Waals surface area contributed by atoms with Crippen LogP contribution < -0.4 is 11.5 Å². The molecule has 0 aromatic carbocycles. The minimum absolute atomic E-state index is 0.300. The van der Waals surface area contributed by atoms with Crippen LogP contribution in [0.25, 0.3) is 0 Å². The van der Waals surface area contributed by atoms with Crippen LogP contribution in [0.4, 0.5) is 6.01 Å². The van der Waals surface area contributed by atoms with Gasteiger partial charge in [-0.25, -0.2) is 0 Å². The molecule has 0 bridgehead atoms. The highest BCUT2D eigenvalue weighted by atomic mass is 16.4. The summed E-state index contributed by atoms with van der Waals surface area (Å²) in [5.74, 6) is 1.44. The number of hydrogen-bond donors (Lipinski definition) is 2. The number of aryl methyl sites for hydroxylation is 1. The van der Waals surface area contributed by atoms with Gasteiger partial charge in [-0.3, -0.25) is 0 Å². The highest BCUT2D eigenvalue weighted by Gasteiger charge is 2.24. The Kier molecular flexibility index (Phi) is 2.22. The smallest absolute Gasteiger partial charge is 0.292 e. The molecule has 0 radical (unpaired) electrons. The number of nitrogen functional groups attached to an aromatic ring is 1. The average Bonchev–Trinajstić information content (AvgIpc) is 2.47. The molecule has 72 valence electrons. The van der Waals surface area contributed by atoms with Gasteiger partial charge in [0.1, 0.15) is 5.76 Å². The zero-order valence-electron chi connectivity index (χ0n) is 7.62. The Balaban J connectivity index is 2.25. The van der Waals surface area contributed by atoms with E-state index in [1.165, 1.54) is 0 Å². The lowest BCUT2D eigenvalue weighted by Crippen LogP contribution is -2.13. The number of aromatic nitrogens is 1. The highest BCUT2D eigenvalue weighted by molar-refractivity contribution is 5.25. The molecule has 1 aromatic rings. The van der Waals surface area contributed by atoms with E-state index < -0.39 is 0 Å². The first-order valence-corrected chi connectivity index (χ1v) is 4.76. The van der Waals surface area contributed by atoms with Crippen LogP contribution in [-0.2, 0) is 6.42 Å². The maximum atomic E-state index is 5.53. The summed E-state index contributed by atoms with van der Waals surface area (Å²) in [5, 5.41) is 0. The fraction of sp³-hybridized carbons (Fsp3) is 0.667. The topological polar surface area (TPSA) is 78.1 Å². The summed E-state index contributed by atoms with van der Waals surface area (Å²) in [6.07, 6.45) is 4.28. The molecule has 0 amide bonds. The molecule has 0 saturated carbocycles. The van der Waals surface area contributed by atoms with Crippen LogP contribution in [0.15, 0.2) is 4.42 Å². The Morgan fingerprint density at radius 1 is 1.54 bits per heavy atom. The predicted octanol–water partition coefficient (Wildman–Crippen LogP) is 1.03. The summed E-state index contributed by atoms with van der Waals surface area (Å²) in [7, 11) is 0. The zero-order chi connectivity index (χ0) is 9.26. The van der Waals surface area contributed by atoms with E-state index in [-0.39, 0.29) is 0 Å². The zero-order valence-corrected chi connectivity index (χ0v) is 7.62. The predicted molar refractivity (Wildman–Crippen MR) is 50.3 cm³/mol. The molecular formula is C9H15N3O. The summed E-state index contributed by atoms with van der Waals surface area (Å²) in [5.41, 5.74) is 12.1. The van der Waals surface area contributed by atoms with E-state index in [0.29, 0.717) is 18.5 Å². The Labute approximate surface area is 77.3 Å². The number of hydrogen-bond acceptors (Lipinski definition) is 4. The van der Waals surface area contributed by atoms with Crippen LogP contribution in [0, 0.1) is 0 Å². The SMILES string of the molecule is NCCC1CCCc2oc(N)nc21. The number of rotatable bonds is 2. The van der Waals surface area contributed by atoms with Crippen molar-refractivity contribution in [1.82, 2.24) is 4.98 Å². The van der Waals surface area contributed by atoms with Crippen LogP contribution in [0.2, 0.25) is 0 Å². The first-order chi connectivity index (χ1) is 6.31. The second kappa shape index (κ2) is 3.38. The molecule has 1 aromatic heterocycles. The molecule has 1 unspecified atom stereocenters. The average molecular weight is 181 g/mol. The van der Waals surface area contributed by atoms with Gasteiger partial charge in [0, 0.05) is 12.3 Å². The van der Waals surface area contributed by atoms with Gasteiger partial charge in [-0.2, -0.15) is 4.98 Å². The summed E-state index contributed by atoms with van der Waals surface area (Å²) in [6.45, 7) is 0.705. The maximum Gasteiger partial charge on any atom is 0.292 e. The van der Waals surface area contributed by atoms with Crippen LogP contribution >= 0.6 is 0 Å². The van der Waals surface area contributed by atoms with Crippen molar-refractivity contribution >= 4 is 6.01 Å². The van der Waals surface area contributed by atoms with E-state index in [2.05, 4.69) is 4.98 Å². The van der Waals surface area contributed by atoms with E-state index in [1.807, 2.05) is 0 Å². The lowest BCUT2D eigenvalue weighted by atomic mass is 9.88. The molecule has 0 aliphatic heterocycles. The van der Waals surface area contributed by atoms with Gasteiger partial charge >= 0.3 is 0 Å². The van der Waals surface area contributed by atoms with Gasteiger partial charge in [0.25, 0.3) is 6.01 Å². The molecule has 4 nitrogen and oxygen atoms in total. The first-order valence-electron chi connectivity index (χ1n) is 4.76. The van der Waals surface area contributed by atoms with Gasteiger partial charge in [0.2, 0.25) is 0 Å². The monoisotopic (exact) mass is 181 g/mol. The Hall–Kier alpha value is -1.03. The molecule has 4 heteroatoms. The van der Waals surface area contributed by atoms with Crippen molar-refractivity contribution < 1.29 is 4.42 Å². The molecule has 4 N–H and O–H groups in total. The molecule has 0 fully saturated rings. The maximum absolute atomic E-state index is 5.53. The fourth-order valence-electron chi connectivity index (χ4n) is 2.01. The lowest BCUT2D eigenvalue weighted by Gasteiger charge is -2.18. The molecule has 1 atom stereocenters. The highest BCUT2D eigenvalue weighted by Crippen LogP contribution is 2.33. The van der Waals surface area contributed by atoms with Crippen molar-refractivity contribution in [3.63, 3.8) is 0 Å². The third-order valence-corrected chi connectivity index (χ3v) is 2.60. The summed E-state index contributed by atoms with van der Waals surface area (Å²) in [4.78, 5) is 4.21. The minimum atomic E-state index is 0.300. The van der Waals surface area contributed by atoms with Gasteiger partial charge < -0.3 is 15.9 Å². The molecule has 1 aliphatic rings. The van der Waals surface area contributed by atoms with Crippen molar-refractivity contribution in [2.45, 2.75) is 31.6 Å². The van der Waals surface area contributed by atoms with Gasteiger partial charge in [0.05, 0.1) is 5.69 Å². The van der Waals surface area contributed by atoms with Crippen LogP contribution in [0.5, 0.6) is 0 Å². The Morgan fingerprint density at radius 3 is 3.15 bits per heavy atom. The molecule has 0 saturated heterocycles. The van der Waals surface area contributed by atoms with Crippen molar-refractivity contribution in [2.24, 2.45) is 5.73 Å². The van der Waals surface area contributed by atoms with E-state index in [0.717, 1.165) is 37.1 Å². The van der Waals surface area contributed by atoms with Gasteiger partial charge in [-0.15, -0.1) is 0 Å². The van der Waals surface area contributed by atoms with Crippen molar-refractivity contribution in [3.05, 3.63) is 11.5 Å². The Bertz CT molecular complexity index is 295. The second-order valence-electron chi connectivity index (χ2n) is 3.53. The normalized spacial score (nSPS) is 21.5. The third-order valence-electron chi connectivity index (χ3n) is 2.60. The molecule has 13 heavy (non-hydrogen) atoms. The van der Waals surface area contributed by atoms with Gasteiger partial charge in [0.15, 0.2) is 0 Å². The third kappa shape index (κ3) is 1.54. The largest absolute Gasteiger partial charge is 0.429 e. The van der Waals surface area contributed by atoms with Gasteiger partial charge in [-0.05, 0) is 25.8 Å². The summed E-state index contributed by atoms with van der Waals surface area (Å²) < 4.78 is 5.31. The van der Waals surface area contributed by atoms with E-state index in [4.69, 9.17) is 15.9 Å². The van der Waals surface area contributed by atoms with Crippen molar-refractivity contribution in [2.75, 3.05) is 12.3 Å². The van der Waals surface area contributed by atoms with Gasteiger partial charge in [-0.1, -0.05) is 0 Å². The van der Waals surface area contributed by atoms with E-state index in [1.54, 1.807) is 0 Å². The number of oxazole rings is 1. The van der Waals surface area contributed by atoms with Crippen LogP contribution in [0.1, 0.15) is 36.6 Å². The van der Waals surface area contributed by atoms with Crippen molar-refractivity contribution in [3.8, 4) is 0 Å². The number of nitrogens with two attached hydrogens (primary N) is 2. The second-order valence-corrected chi connectivity index (χ2v) is 3.53. The Morgan fingerprint density at radius 2 is 2.38 bits per heavy atom. The molecular weight excluding hydrogens is 166 g/mol. The molecule has 1 aliphatic carbocycles. The van der Waals surface area contributed by atoms with Crippen LogP contribution in [-0.4, -0.2) is 11.5 Å². The summed E-state index contributed by atoms with van der Waals surface area (Å²) in [6, 6.07) is 0.300. The lowest BCUT2D eigenvalue weighted by molar-refractivity contribution is 0.448. The fourth-order valence-corrected chi connectivity index (χ4v) is 2.01. The first kappa shape index (κ1) is 8.56. The quantitative estimate of drug-likeness (QED) is 0.714. The van der Waals surface area contributed by atoms with Crippen molar-refractivity contribution in [1.29, 1.82) is 0 Å². The number of nitrogens with zero attached hydrogens (tertiary/aromatic N) is 1. The van der Waals surface area contributed by atoms with E-state index >= 15 is 0 Å². The molecule has 0 spiro atoms. The number of anilines is 1. The molecule has 2 rings (SSSR count). The minimum Gasteiger partial charge on any atom is -0.429 e. The number of fused-ring (bicyclic) bond motifs is 1. The molecule has 1 heterocycles. The summed E-state index contributed by atoms with van der Waals surface area (Å²) >= 11 is 0.